The number of carbonyl (C=O) groups is 2. The lowest BCUT2D eigenvalue weighted by Gasteiger charge is -2.23. The summed E-state index contributed by atoms with van der Waals surface area (Å²) in [6.07, 6.45) is 6.23. The number of fused-ring (bicyclic) bond motifs is 2. The average molecular weight is 474 g/mol. The second-order valence-corrected chi connectivity index (χ2v) is 9.33. The molecule has 8 nitrogen and oxygen atoms in total. The Morgan fingerprint density at radius 1 is 1.20 bits per heavy atom. The van der Waals surface area contributed by atoms with Crippen LogP contribution in [0, 0.1) is 11.8 Å². The molecule has 0 aliphatic carbocycles. The van der Waals surface area contributed by atoms with Gasteiger partial charge in [-0.05, 0) is 30.2 Å². The van der Waals surface area contributed by atoms with Gasteiger partial charge in [-0.25, -0.2) is 0 Å². The highest BCUT2D eigenvalue weighted by molar-refractivity contribution is 5.99. The summed E-state index contributed by atoms with van der Waals surface area (Å²) in [6, 6.07) is 13.3. The summed E-state index contributed by atoms with van der Waals surface area (Å²) in [4.78, 5) is 32.0. The van der Waals surface area contributed by atoms with Gasteiger partial charge in [-0.3, -0.25) is 9.59 Å². The average Bonchev–Trinajstić information content (AvgIpc) is 3.62. The van der Waals surface area contributed by atoms with Crippen molar-refractivity contribution in [2.24, 2.45) is 11.8 Å². The fraction of sp³-hybridized carbons (Fsp3) is 0.333. The fourth-order valence-electron chi connectivity index (χ4n) is 5.80. The molecular formula is C27H27N3O5. The number of aromatic nitrogens is 1. The van der Waals surface area contributed by atoms with E-state index in [1.54, 1.807) is 32.4 Å². The number of nitrogens with one attached hydrogen (secondary N) is 2. The highest BCUT2D eigenvalue weighted by atomic mass is 16.5. The van der Waals surface area contributed by atoms with E-state index in [4.69, 9.17) is 14.2 Å². The number of para-hydroxylation sites is 1. The molecule has 180 valence electrons. The van der Waals surface area contributed by atoms with Crippen molar-refractivity contribution < 1.29 is 23.8 Å². The zero-order chi connectivity index (χ0) is 24.2. The minimum Gasteiger partial charge on any atom is -0.493 e. The smallest absolute Gasteiger partial charge is 0.231 e. The molecule has 2 fully saturated rings. The van der Waals surface area contributed by atoms with Gasteiger partial charge in [-0.2, -0.15) is 0 Å². The van der Waals surface area contributed by atoms with E-state index < -0.39 is 23.5 Å². The number of hydrogen-bond acceptors (Lipinski definition) is 5. The maximum Gasteiger partial charge on any atom is 0.231 e. The Morgan fingerprint density at radius 2 is 2.03 bits per heavy atom. The number of aromatic amines is 1. The molecule has 2 saturated heterocycles. The van der Waals surface area contributed by atoms with Crippen LogP contribution in [-0.2, 0) is 20.7 Å². The maximum atomic E-state index is 13.5. The lowest BCUT2D eigenvalue weighted by atomic mass is 9.77. The van der Waals surface area contributed by atoms with Crippen molar-refractivity contribution in [2.75, 3.05) is 32.6 Å². The maximum absolute atomic E-state index is 13.5. The SMILES string of the molecule is COc1ccc(NC(=O)[C@@H]2[C@H]3C(=O)N(CCc4c[nH]c5ccccc45)C[C@]34C=C[C@H]2O4)cc1OC. The van der Waals surface area contributed by atoms with E-state index >= 15 is 0 Å². The molecule has 2 aromatic carbocycles. The van der Waals surface area contributed by atoms with Crippen molar-refractivity contribution in [3.05, 3.63) is 66.4 Å². The van der Waals surface area contributed by atoms with Gasteiger partial charge in [0.05, 0.1) is 38.7 Å². The van der Waals surface area contributed by atoms with Crippen molar-refractivity contribution in [3.8, 4) is 11.5 Å². The molecule has 8 heteroatoms. The Kier molecular flexibility index (Phi) is 5.07. The first kappa shape index (κ1) is 21.7. The Balaban J connectivity index is 1.19. The number of carbonyl (C=O) groups excluding carboxylic acids is 2. The van der Waals surface area contributed by atoms with Crippen LogP contribution in [0.2, 0.25) is 0 Å². The second-order valence-electron chi connectivity index (χ2n) is 9.33. The molecule has 35 heavy (non-hydrogen) atoms. The standard InChI is InChI=1S/C27H27N3O5/c1-33-20-8-7-17(13-22(20)34-2)29-25(31)23-21-9-11-27(35-21)15-30(26(32)24(23)27)12-10-16-14-28-19-6-4-3-5-18(16)19/h3-9,11,13-14,21,23-24,28H,10,12,15H2,1-2H3,(H,29,31)/t21-,23+,24+,27-/m1/s1. The second kappa shape index (κ2) is 8.16. The van der Waals surface area contributed by atoms with E-state index in [0.29, 0.717) is 30.3 Å². The van der Waals surface area contributed by atoms with Gasteiger partial charge in [-0.1, -0.05) is 30.4 Å². The van der Waals surface area contributed by atoms with Gasteiger partial charge < -0.3 is 29.4 Å². The van der Waals surface area contributed by atoms with Gasteiger partial charge in [0.2, 0.25) is 11.8 Å². The molecule has 1 aromatic heterocycles. The number of rotatable bonds is 7. The van der Waals surface area contributed by atoms with Gasteiger partial charge in [0.1, 0.15) is 5.60 Å². The van der Waals surface area contributed by atoms with Crippen molar-refractivity contribution in [1.29, 1.82) is 0 Å². The Bertz CT molecular complexity index is 1350. The molecule has 0 unspecified atom stereocenters. The Morgan fingerprint density at radius 3 is 2.86 bits per heavy atom. The third-order valence-corrected chi connectivity index (χ3v) is 7.46. The summed E-state index contributed by atoms with van der Waals surface area (Å²) in [5, 5.41) is 4.12. The number of ether oxygens (including phenoxy) is 3. The number of likely N-dealkylation sites (tertiary alicyclic amines) is 1. The summed E-state index contributed by atoms with van der Waals surface area (Å²) < 4.78 is 16.9. The van der Waals surface area contributed by atoms with Crippen LogP contribution in [-0.4, -0.2) is 60.7 Å². The quantitative estimate of drug-likeness (QED) is 0.515. The molecular weight excluding hydrogens is 446 g/mol. The predicted molar refractivity (Wildman–Crippen MR) is 130 cm³/mol. The van der Waals surface area contributed by atoms with Crippen LogP contribution >= 0.6 is 0 Å². The van der Waals surface area contributed by atoms with Crippen molar-refractivity contribution in [1.82, 2.24) is 9.88 Å². The molecule has 2 N–H and O–H groups in total. The summed E-state index contributed by atoms with van der Waals surface area (Å²) in [5.41, 5.74) is 2.10. The molecule has 2 bridgehead atoms. The van der Waals surface area contributed by atoms with Crippen molar-refractivity contribution in [3.63, 3.8) is 0 Å². The van der Waals surface area contributed by atoms with Gasteiger partial charge in [0.15, 0.2) is 11.5 Å². The third-order valence-electron chi connectivity index (χ3n) is 7.46. The number of H-pyrrole nitrogens is 1. The van der Waals surface area contributed by atoms with Crippen LogP contribution in [0.15, 0.2) is 60.8 Å². The molecule has 4 heterocycles. The van der Waals surface area contributed by atoms with Crippen LogP contribution in [0.1, 0.15) is 5.56 Å². The number of hydrogen-bond donors (Lipinski definition) is 2. The van der Waals surface area contributed by atoms with Gasteiger partial charge in [-0.15, -0.1) is 0 Å². The minimum absolute atomic E-state index is 0.0239. The topological polar surface area (TPSA) is 92.9 Å². The van der Waals surface area contributed by atoms with Gasteiger partial charge in [0, 0.05) is 35.4 Å². The molecule has 6 rings (SSSR count). The number of methoxy groups -OCH3 is 2. The first-order chi connectivity index (χ1) is 17.0. The molecule has 3 aliphatic heterocycles. The molecule has 0 radical (unpaired) electrons. The predicted octanol–water partition coefficient (Wildman–Crippen LogP) is 3.15. The number of anilines is 1. The molecule has 1 spiro atoms. The third kappa shape index (κ3) is 3.39. The monoisotopic (exact) mass is 473 g/mol. The highest BCUT2D eigenvalue weighted by Gasteiger charge is 2.66. The van der Waals surface area contributed by atoms with E-state index in [1.807, 2.05) is 41.4 Å². The number of benzene rings is 2. The molecule has 0 saturated carbocycles. The molecule has 2 amide bonds. The lowest BCUT2D eigenvalue weighted by molar-refractivity contribution is -0.135. The van der Waals surface area contributed by atoms with Crippen LogP contribution in [0.3, 0.4) is 0 Å². The number of amides is 2. The van der Waals surface area contributed by atoms with Crippen LogP contribution in [0.25, 0.3) is 10.9 Å². The normalized spacial score (nSPS) is 26.4. The Hall–Kier alpha value is -3.78. The minimum atomic E-state index is -0.735. The molecule has 4 atom stereocenters. The van der Waals surface area contributed by atoms with Crippen LogP contribution < -0.4 is 14.8 Å². The van der Waals surface area contributed by atoms with E-state index in [1.165, 1.54) is 10.9 Å². The highest BCUT2D eigenvalue weighted by Crippen LogP contribution is 2.52. The van der Waals surface area contributed by atoms with E-state index in [2.05, 4.69) is 16.4 Å². The van der Waals surface area contributed by atoms with Gasteiger partial charge >= 0.3 is 0 Å². The van der Waals surface area contributed by atoms with E-state index in [9.17, 15) is 9.59 Å². The summed E-state index contributed by atoms with van der Waals surface area (Å²) >= 11 is 0. The van der Waals surface area contributed by atoms with Crippen molar-refractivity contribution >= 4 is 28.4 Å². The van der Waals surface area contributed by atoms with Crippen molar-refractivity contribution in [2.45, 2.75) is 18.1 Å². The number of nitrogens with zero attached hydrogens (tertiary/aromatic N) is 1. The fourth-order valence-corrected chi connectivity index (χ4v) is 5.80. The first-order valence-electron chi connectivity index (χ1n) is 11.8. The largest absolute Gasteiger partial charge is 0.493 e. The zero-order valence-corrected chi connectivity index (χ0v) is 19.6. The summed E-state index contributed by atoms with van der Waals surface area (Å²) in [6.45, 7) is 1.04. The van der Waals surface area contributed by atoms with E-state index in [0.717, 1.165) is 11.9 Å². The first-order valence-corrected chi connectivity index (χ1v) is 11.8. The zero-order valence-electron chi connectivity index (χ0n) is 19.6. The van der Waals surface area contributed by atoms with Crippen LogP contribution in [0.4, 0.5) is 5.69 Å². The summed E-state index contributed by atoms with van der Waals surface area (Å²) in [5.74, 6) is -0.271. The molecule has 3 aromatic rings. The Labute approximate surface area is 202 Å². The van der Waals surface area contributed by atoms with E-state index in [-0.39, 0.29) is 11.8 Å². The van der Waals surface area contributed by atoms with Crippen LogP contribution in [0.5, 0.6) is 11.5 Å². The summed E-state index contributed by atoms with van der Waals surface area (Å²) in [7, 11) is 3.11. The lowest BCUT2D eigenvalue weighted by Crippen LogP contribution is -2.41. The van der Waals surface area contributed by atoms with Gasteiger partial charge in [0.25, 0.3) is 0 Å². The molecule has 3 aliphatic rings.